The molecule has 0 aliphatic heterocycles. The minimum atomic E-state index is -3.09. The molecule has 0 saturated carbocycles. The Kier molecular flexibility index (Phi) is 5.72. The van der Waals surface area contributed by atoms with Gasteiger partial charge >= 0.3 is 6.61 Å². The Bertz CT molecular complexity index is 990. The lowest BCUT2D eigenvalue weighted by atomic mass is 10.3. The molecule has 0 bridgehead atoms. The molecule has 6 nitrogen and oxygen atoms in total. The molecule has 3 aromatic rings. The molecule has 0 spiro atoms. The maximum atomic E-state index is 12.9. The summed E-state index contributed by atoms with van der Waals surface area (Å²) in [6, 6.07) is 4.50. The van der Waals surface area contributed by atoms with Crippen molar-refractivity contribution in [2.45, 2.75) is 26.0 Å². The number of benzene rings is 1. The minimum absolute atomic E-state index is 0.0639. The molecule has 0 atom stereocenters. The van der Waals surface area contributed by atoms with E-state index in [1.807, 2.05) is 0 Å². The van der Waals surface area contributed by atoms with Gasteiger partial charge in [-0.15, -0.1) is 0 Å². The summed E-state index contributed by atoms with van der Waals surface area (Å²) in [4.78, 5) is 16.1. The molecule has 0 unspecified atom stereocenters. The lowest BCUT2D eigenvalue weighted by Crippen LogP contribution is -2.21. The predicted molar refractivity (Wildman–Crippen MR) is 87.0 cm³/mol. The first kappa shape index (κ1) is 19.9. The van der Waals surface area contributed by atoms with E-state index in [0.717, 1.165) is 11.3 Å². The van der Waals surface area contributed by atoms with Crippen molar-refractivity contribution in [3.8, 4) is 5.75 Å². The molecule has 28 heavy (non-hydrogen) atoms. The van der Waals surface area contributed by atoms with Crippen LogP contribution in [0.25, 0.3) is 10.2 Å². The van der Waals surface area contributed by atoms with Crippen LogP contribution in [0.1, 0.15) is 24.2 Å². The Labute approximate surface area is 156 Å². The normalized spacial score (nSPS) is 11.8. The molecular weight excluding hydrogens is 414 g/mol. The molecule has 0 fully saturated rings. The van der Waals surface area contributed by atoms with Crippen LogP contribution >= 0.6 is 11.3 Å². The molecule has 150 valence electrons. The van der Waals surface area contributed by atoms with Gasteiger partial charge in [0.2, 0.25) is 5.91 Å². The van der Waals surface area contributed by atoms with Crippen LogP contribution in [0.3, 0.4) is 0 Å². The zero-order valence-corrected chi connectivity index (χ0v) is 14.4. The van der Waals surface area contributed by atoms with E-state index < -0.39 is 43.3 Å². The van der Waals surface area contributed by atoms with Gasteiger partial charge in [0, 0.05) is 0 Å². The molecule has 0 saturated heterocycles. The number of anilines is 1. The monoisotopic (exact) mass is 424 g/mol. The second kappa shape index (κ2) is 8.04. The predicted octanol–water partition coefficient (Wildman–Crippen LogP) is 4.61. The molecule has 2 heterocycles. The number of alkyl halides is 6. The zero-order chi connectivity index (χ0) is 20.4. The third-order valence-corrected chi connectivity index (χ3v) is 4.34. The summed E-state index contributed by atoms with van der Waals surface area (Å²) in [5, 5.41) is 5.71. The van der Waals surface area contributed by atoms with E-state index in [1.165, 1.54) is 18.2 Å². The van der Waals surface area contributed by atoms with E-state index in [9.17, 15) is 31.1 Å². The fourth-order valence-electron chi connectivity index (χ4n) is 2.29. The summed E-state index contributed by atoms with van der Waals surface area (Å²) < 4.78 is 80.9. The van der Waals surface area contributed by atoms with Crippen LogP contribution in [-0.4, -0.2) is 27.3 Å². The molecule has 1 N–H and O–H groups in total. The highest BCUT2D eigenvalue weighted by molar-refractivity contribution is 7.22. The molecule has 1 amide bonds. The zero-order valence-electron chi connectivity index (χ0n) is 13.6. The highest BCUT2D eigenvalue weighted by Crippen LogP contribution is 2.30. The summed E-state index contributed by atoms with van der Waals surface area (Å²) in [7, 11) is 0. The van der Waals surface area contributed by atoms with E-state index in [1.54, 1.807) is 0 Å². The molecule has 0 aliphatic carbocycles. The van der Waals surface area contributed by atoms with Crippen LogP contribution in [0.15, 0.2) is 24.3 Å². The van der Waals surface area contributed by atoms with Crippen molar-refractivity contribution in [1.29, 1.82) is 0 Å². The molecule has 1 aromatic carbocycles. The number of nitrogens with one attached hydrogen (secondary N) is 1. The number of hydrogen-bond acceptors (Lipinski definition) is 5. The number of thiazole rings is 1. The number of aromatic nitrogens is 3. The summed E-state index contributed by atoms with van der Waals surface area (Å²) in [5.74, 6) is -0.921. The quantitative estimate of drug-likeness (QED) is 0.563. The van der Waals surface area contributed by atoms with Gasteiger partial charge in [-0.2, -0.15) is 13.9 Å². The number of carbonyl (C=O) groups excluding carboxylic acids is 1. The van der Waals surface area contributed by atoms with Gasteiger partial charge in [-0.3, -0.25) is 9.48 Å². The first-order valence-electron chi connectivity index (χ1n) is 7.52. The van der Waals surface area contributed by atoms with E-state index >= 15 is 0 Å². The Morgan fingerprint density at radius 2 is 1.89 bits per heavy atom. The number of fused-ring (bicyclic) bond motifs is 1. The molecule has 3 rings (SSSR count). The first-order chi connectivity index (χ1) is 13.2. The van der Waals surface area contributed by atoms with Gasteiger partial charge in [0.15, 0.2) is 5.13 Å². The number of nitrogens with zero attached hydrogens (tertiary/aromatic N) is 3. The number of amides is 1. The van der Waals surface area contributed by atoms with E-state index in [2.05, 4.69) is 20.1 Å². The minimum Gasteiger partial charge on any atom is -0.435 e. The van der Waals surface area contributed by atoms with Crippen molar-refractivity contribution < 1.29 is 35.9 Å². The first-order valence-corrected chi connectivity index (χ1v) is 8.33. The highest BCUT2D eigenvalue weighted by Gasteiger charge is 2.22. The number of carbonyl (C=O) groups is 1. The van der Waals surface area contributed by atoms with Crippen molar-refractivity contribution in [3.05, 3.63) is 35.7 Å². The summed E-state index contributed by atoms with van der Waals surface area (Å²) >= 11 is 0.932. The average Bonchev–Trinajstić information content (AvgIpc) is 3.17. The Morgan fingerprint density at radius 1 is 1.14 bits per heavy atom. The maximum absolute atomic E-state index is 12.9. The van der Waals surface area contributed by atoms with Gasteiger partial charge < -0.3 is 10.1 Å². The largest absolute Gasteiger partial charge is 0.435 e. The van der Waals surface area contributed by atoms with Gasteiger partial charge in [0.1, 0.15) is 23.7 Å². The second-order valence-electron chi connectivity index (χ2n) is 5.33. The molecule has 13 heteroatoms. The molecule has 2 aromatic heterocycles. The number of halogens is 6. The van der Waals surface area contributed by atoms with Gasteiger partial charge in [0.25, 0.3) is 12.9 Å². The maximum Gasteiger partial charge on any atom is 0.387 e. The molecule has 0 aliphatic rings. The van der Waals surface area contributed by atoms with Crippen molar-refractivity contribution in [3.63, 3.8) is 0 Å². The van der Waals surface area contributed by atoms with Crippen LogP contribution in [0.5, 0.6) is 5.75 Å². The number of hydrogen-bond donors (Lipinski definition) is 1. The number of ether oxygens (including phenoxy) is 1. The van der Waals surface area contributed by atoms with E-state index in [0.29, 0.717) is 21.0 Å². The lowest BCUT2D eigenvalue weighted by Gasteiger charge is -2.06. The second-order valence-corrected chi connectivity index (χ2v) is 6.36. The van der Waals surface area contributed by atoms with Gasteiger partial charge in [-0.05, 0) is 24.3 Å². The SMILES string of the molecule is O=C(Cn1nc(C(F)F)cc1C(F)F)Nc1nc2ccc(OC(F)F)cc2s1. The van der Waals surface area contributed by atoms with Gasteiger partial charge in [-0.25, -0.2) is 22.5 Å². The van der Waals surface area contributed by atoms with Gasteiger partial charge in [0.05, 0.1) is 10.2 Å². The fourth-order valence-corrected chi connectivity index (χ4v) is 3.20. The Morgan fingerprint density at radius 3 is 2.54 bits per heavy atom. The third-order valence-electron chi connectivity index (χ3n) is 3.40. The van der Waals surface area contributed by atoms with Crippen LogP contribution < -0.4 is 10.1 Å². The summed E-state index contributed by atoms with van der Waals surface area (Å²) in [5.41, 5.74) is -1.30. The van der Waals surface area contributed by atoms with Crippen LogP contribution in [0.4, 0.5) is 31.5 Å². The van der Waals surface area contributed by atoms with E-state index in [-0.39, 0.29) is 10.9 Å². The van der Waals surface area contributed by atoms with Crippen molar-refractivity contribution in [1.82, 2.24) is 14.8 Å². The van der Waals surface area contributed by atoms with Crippen molar-refractivity contribution in [2.24, 2.45) is 0 Å². The molecule has 0 radical (unpaired) electrons. The van der Waals surface area contributed by atoms with Crippen molar-refractivity contribution in [2.75, 3.05) is 5.32 Å². The highest BCUT2D eigenvalue weighted by atomic mass is 32.1. The van der Waals surface area contributed by atoms with Gasteiger partial charge in [-0.1, -0.05) is 11.3 Å². The summed E-state index contributed by atoms with van der Waals surface area (Å²) in [6.45, 7) is -3.73. The fraction of sp³-hybridized carbons (Fsp3) is 0.267. The topological polar surface area (TPSA) is 69.0 Å². The number of rotatable bonds is 7. The Hall–Kier alpha value is -2.83. The van der Waals surface area contributed by atoms with E-state index in [4.69, 9.17) is 0 Å². The smallest absolute Gasteiger partial charge is 0.387 e. The third kappa shape index (κ3) is 4.52. The average molecular weight is 424 g/mol. The standard InChI is InChI=1S/C15H10F6N4O2S/c16-12(17)8-4-9(13(18)19)25(24-8)5-11(26)23-15-22-7-2-1-6(27-14(20)21)3-10(7)28-15/h1-4,12-14H,5H2,(H,22,23,26). The van der Waals surface area contributed by atoms with Crippen LogP contribution in [-0.2, 0) is 11.3 Å². The molecular formula is C15H10F6N4O2S. The van der Waals surface area contributed by atoms with Crippen molar-refractivity contribution >= 4 is 32.6 Å². The lowest BCUT2D eigenvalue weighted by molar-refractivity contribution is -0.117. The van der Waals surface area contributed by atoms with Crippen LogP contribution in [0, 0.1) is 0 Å². The van der Waals surface area contributed by atoms with Crippen LogP contribution in [0.2, 0.25) is 0 Å². The Balaban J connectivity index is 1.74. The summed E-state index contributed by atoms with van der Waals surface area (Å²) in [6.07, 6.45) is -6.15.